The molecule has 0 atom stereocenters. The molecule has 0 aromatic carbocycles. The topological polar surface area (TPSA) is 6.48 Å². The van der Waals surface area contributed by atoms with Crippen molar-refractivity contribution in [2.75, 3.05) is 14.1 Å². The molecule has 0 N–H and O–H groups in total. The van der Waals surface area contributed by atoms with Crippen LogP contribution in [0.3, 0.4) is 0 Å². The molecule has 0 amide bonds. The molecule has 0 saturated carbocycles. The molecule has 0 aromatic heterocycles. The Morgan fingerprint density at radius 1 is 1.36 bits per heavy atom. The molecular formula is C8H14N2S. The van der Waals surface area contributed by atoms with Gasteiger partial charge in [-0.1, -0.05) is 0 Å². The molecule has 0 fully saturated rings. The summed E-state index contributed by atoms with van der Waals surface area (Å²) in [4.78, 5) is 4.03. The molecule has 0 radical (unpaired) electrons. The predicted molar refractivity (Wildman–Crippen MR) is 51.3 cm³/mol. The zero-order chi connectivity index (χ0) is 8.65. The molecule has 0 spiro atoms. The Kier molecular flexibility index (Phi) is 1.92. The van der Waals surface area contributed by atoms with Crippen LogP contribution in [0, 0.1) is 0 Å². The van der Waals surface area contributed by atoms with Crippen LogP contribution in [0.15, 0.2) is 12.3 Å². The highest BCUT2D eigenvalue weighted by Crippen LogP contribution is 2.20. The van der Waals surface area contributed by atoms with Crippen molar-refractivity contribution in [3.05, 3.63) is 12.3 Å². The maximum Gasteiger partial charge on any atom is 0.175 e. The number of hydrogen-bond donors (Lipinski definition) is 0. The van der Waals surface area contributed by atoms with Crippen LogP contribution in [-0.4, -0.2) is 34.5 Å². The van der Waals surface area contributed by atoms with Crippen LogP contribution in [0.4, 0.5) is 0 Å². The number of likely N-dealkylation sites (N-methyl/N-ethyl adjacent to an activating group) is 1. The lowest BCUT2D eigenvalue weighted by Gasteiger charge is -2.41. The van der Waals surface area contributed by atoms with E-state index in [4.69, 9.17) is 12.2 Å². The standard InChI is InChI=1S/C8H14N2S/c1-8(2)5-6-9(3)7(11)10(8)4/h5-6H,1-4H3. The highest BCUT2D eigenvalue weighted by molar-refractivity contribution is 7.80. The van der Waals surface area contributed by atoms with Gasteiger partial charge in [0.15, 0.2) is 5.11 Å². The van der Waals surface area contributed by atoms with E-state index in [1.165, 1.54) is 0 Å². The van der Waals surface area contributed by atoms with Gasteiger partial charge in [-0.05, 0) is 32.1 Å². The molecule has 0 unspecified atom stereocenters. The molecule has 1 rings (SSSR count). The van der Waals surface area contributed by atoms with Crippen molar-refractivity contribution in [2.24, 2.45) is 0 Å². The lowest BCUT2D eigenvalue weighted by Crippen LogP contribution is -2.50. The largest absolute Gasteiger partial charge is 0.343 e. The Labute approximate surface area is 73.5 Å². The Bertz CT molecular complexity index is 208. The van der Waals surface area contributed by atoms with Gasteiger partial charge in [-0.3, -0.25) is 0 Å². The van der Waals surface area contributed by atoms with Gasteiger partial charge in [-0.15, -0.1) is 0 Å². The summed E-state index contributed by atoms with van der Waals surface area (Å²) < 4.78 is 0. The summed E-state index contributed by atoms with van der Waals surface area (Å²) in [6, 6.07) is 0. The van der Waals surface area contributed by atoms with Crippen LogP contribution >= 0.6 is 12.2 Å². The van der Waals surface area contributed by atoms with Crippen molar-refractivity contribution in [3.63, 3.8) is 0 Å². The Balaban J connectivity index is 2.94. The smallest absolute Gasteiger partial charge is 0.175 e. The fraction of sp³-hybridized carbons (Fsp3) is 0.625. The molecule has 0 saturated heterocycles. The van der Waals surface area contributed by atoms with E-state index >= 15 is 0 Å². The molecule has 0 aromatic rings. The predicted octanol–water partition coefficient (Wildman–Crippen LogP) is 1.44. The lowest BCUT2D eigenvalue weighted by molar-refractivity contribution is 0.282. The first-order chi connectivity index (χ1) is 4.95. The van der Waals surface area contributed by atoms with Crippen LogP contribution < -0.4 is 0 Å². The number of thiocarbonyl (C=S) groups is 1. The molecule has 0 aliphatic carbocycles. The minimum absolute atomic E-state index is 0.0591. The van der Waals surface area contributed by atoms with Crippen LogP contribution in [0.1, 0.15) is 13.8 Å². The first-order valence-corrected chi connectivity index (χ1v) is 4.06. The van der Waals surface area contributed by atoms with Gasteiger partial charge in [0.25, 0.3) is 0 Å². The van der Waals surface area contributed by atoms with Crippen molar-refractivity contribution in [1.82, 2.24) is 9.80 Å². The molecule has 1 aliphatic heterocycles. The van der Waals surface area contributed by atoms with E-state index in [9.17, 15) is 0 Å². The lowest BCUT2D eigenvalue weighted by atomic mass is 10.0. The van der Waals surface area contributed by atoms with E-state index in [-0.39, 0.29) is 5.54 Å². The van der Waals surface area contributed by atoms with E-state index in [2.05, 4.69) is 24.8 Å². The van der Waals surface area contributed by atoms with Crippen LogP contribution in [0.5, 0.6) is 0 Å². The van der Waals surface area contributed by atoms with Gasteiger partial charge in [-0.25, -0.2) is 0 Å². The summed E-state index contributed by atoms with van der Waals surface area (Å²) in [6.45, 7) is 4.28. The summed E-state index contributed by atoms with van der Waals surface area (Å²) in [7, 11) is 3.98. The number of hydrogen-bond acceptors (Lipinski definition) is 1. The van der Waals surface area contributed by atoms with Crippen molar-refractivity contribution < 1.29 is 0 Å². The van der Waals surface area contributed by atoms with Crippen LogP contribution in [0.2, 0.25) is 0 Å². The van der Waals surface area contributed by atoms with Gasteiger partial charge in [-0.2, -0.15) is 0 Å². The monoisotopic (exact) mass is 170 g/mol. The second kappa shape index (κ2) is 2.48. The van der Waals surface area contributed by atoms with E-state index < -0.39 is 0 Å². The fourth-order valence-electron chi connectivity index (χ4n) is 0.953. The minimum Gasteiger partial charge on any atom is -0.343 e. The number of rotatable bonds is 0. The average Bonchev–Trinajstić information content (AvgIpc) is 1.95. The maximum absolute atomic E-state index is 5.20. The van der Waals surface area contributed by atoms with Crippen LogP contribution in [-0.2, 0) is 0 Å². The van der Waals surface area contributed by atoms with E-state index in [0.29, 0.717) is 0 Å². The first kappa shape index (κ1) is 8.53. The van der Waals surface area contributed by atoms with Crippen molar-refractivity contribution >= 4 is 17.3 Å². The average molecular weight is 170 g/mol. The van der Waals surface area contributed by atoms with Crippen molar-refractivity contribution in [3.8, 4) is 0 Å². The zero-order valence-corrected chi connectivity index (χ0v) is 8.27. The zero-order valence-electron chi connectivity index (χ0n) is 7.46. The molecule has 2 nitrogen and oxygen atoms in total. The van der Waals surface area contributed by atoms with Gasteiger partial charge < -0.3 is 9.80 Å². The molecule has 11 heavy (non-hydrogen) atoms. The second-order valence-electron chi connectivity index (χ2n) is 3.42. The Morgan fingerprint density at radius 2 is 1.91 bits per heavy atom. The van der Waals surface area contributed by atoms with Gasteiger partial charge in [0.05, 0.1) is 5.54 Å². The highest BCUT2D eigenvalue weighted by Gasteiger charge is 2.27. The van der Waals surface area contributed by atoms with E-state index in [1.807, 2.05) is 25.2 Å². The third kappa shape index (κ3) is 1.38. The third-order valence-corrected chi connectivity index (χ3v) is 2.72. The molecule has 1 aliphatic rings. The van der Waals surface area contributed by atoms with Gasteiger partial charge in [0, 0.05) is 20.3 Å². The minimum atomic E-state index is 0.0591. The number of nitrogens with zero attached hydrogens (tertiary/aromatic N) is 2. The summed E-state index contributed by atoms with van der Waals surface area (Å²) in [6.07, 6.45) is 4.16. The molecule has 62 valence electrons. The summed E-state index contributed by atoms with van der Waals surface area (Å²) >= 11 is 5.20. The van der Waals surface area contributed by atoms with Crippen molar-refractivity contribution in [2.45, 2.75) is 19.4 Å². The maximum atomic E-state index is 5.20. The van der Waals surface area contributed by atoms with E-state index in [0.717, 1.165) is 5.11 Å². The quantitative estimate of drug-likeness (QED) is 0.508. The third-order valence-electron chi connectivity index (χ3n) is 2.16. The summed E-state index contributed by atoms with van der Waals surface area (Å²) in [5.41, 5.74) is 0.0591. The Morgan fingerprint density at radius 3 is 2.36 bits per heavy atom. The van der Waals surface area contributed by atoms with Gasteiger partial charge in [0.2, 0.25) is 0 Å². The molecule has 1 heterocycles. The second-order valence-corrected chi connectivity index (χ2v) is 3.79. The summed E-state index contributed by atoms with van der Waals surface area (Å²) in [5, 5.41) is 0.873. The highest BCUT2D eigenvalue weighted by atomic mass is 32.1. The Hall–Kier alpha value is -0.570. The molecule has 0 bridgehead atoms. The normalized spacial score (nSPS) is 22.7. The first-order valence-electron chi connectivity index (χ1n) is 3.65. The SMILES string of the molecule is CN1C=CC(C)(C)N(C)C1=S. The summed E-state index contributed by atoms with van der Waals surface area (Å²) in [5.74, 6) is 0. The molecule has 3 heteroatoms. The molecular weight excluding hydrogens is 156 g/mol. The van der Waals surface area contributed by atoms with Gasteiger partial charge >= 0.3 is 0 Å². The fourth-order valence-corrected chi connectivity index (χ4v) is 1.25. The van der Waals surface area contributed by atoms with Gasteiger partial charge in [0.1, 0.15) is 0 Å². The van der Waals surface area contributed by atoms with E-state index in [1.54, 1.807) is 0 Å². The van der Waals surface area contributed by atoms with Crippen molar-refractivity contribution in [1.29, 1.82) is 0 Å². The van der Waals surface area contributed by atoms with Crippen LogP contribution in [0.25, 0.3) is 0 Å².